The third-order valence-corrected chi connectivity index (χ3v) is 4.95. The molecule has 0 radical (unpaired) electrons. The number of aromatic amines is 1. The summed E-state index contributed by atoms with van der Waals surface area (Å²) >= 11 is 0. The molecule has 1 heterocycles. The minimum Gasteiger partial charge on any atom is -0.507 e. The number of aromatic nitrogens is 1. The van der Waals surface area contributed by atoms with Crippen LogP contribution in [0.5, 0.6) is 5.75 Å². The molecule has 4 aromatic rings. The van der Waals surface area contributed by atoms with Crippen LogP contribution in [0.4, 0.5) is 4.79 Å². The number of hydrogen-bond acceptors (Lipinski definition) is 3. The van der Waals surface area contributed by atoms with Crippen molar-refractivity contribution >= 4 is 22.8 Å². The first-order chi connectivity index (χ1) is 14.4. The van der Waals surface area contributed by atoms with Gasteiger partial charge in [0.1, 0.15) is 11.6 Å². The molecule has 4 rings (SSSR count). The highest BCUT2D eigenvalue weighted by atomic mass is 16.4. The van der Waals surface area contributed by atoms with Crippen LogP contribution in [-0.2, 0) is 6.54 Å². The van der Waals surface area contributed by atoms with E-state index in [-0.39, 0.29) is 18.1 Å². The molecule has 0 aliphatic heterocycles. The van der Waals surface area contributed by atoms with Crippen molar-refractivity contribution in [1.82, 2.24) is 10.3 Å². The van der Waals surface area contributed by atoms with E-state index in [2.05, 4.69) is 10.3 Å². The summed E-state index contributed by atoms with van der Waals surface area (Å²) in [6.45, 7) is 0.244. The highest BCUT2D eigenvalue weighted by Crippen LogP contribution is 2.35. The molecular weight excluding hydrogens is 380 g/mol. The zero-order chi connectivity index (χ0) is 21.3. The van der Waals surface area contributed by atoms with Crippen LogP contribution in [0.3, 0.4) is 0 Å². The van der Waals surface area contributed by atoms with E-state index in [4.69, 9.17) is 16.2 Å². The summed E-state index contributed by atoms with van der Waals surface area (Å²) in [6.07, 6.45) is -1.06. The number of nitrogen functional groups attached to an aromatic ring is 1. The number of aromatic hydroxyl groups is 1. The number of amidine groups is 1. The molecule has 3 aromatic carbocycles. The number of fused-ring (bicyclic) bond motifs is 1. The van der Waals surface area contributed by atoms with Gasteiger partial charge in [0.05, 0.1) is 5.69 Å². The molecule has 7 nitrogen and oxygen atoms in total. The van der Waals surface area contributed by atoms with Gasteiger partial charge in [-0.1, -0.05) is 30.3 Å². The van der Waals surface area contributed by atoms with E-state index in [1.165, 1.54) is 0 Å². The van der Waals surface area contributed by atoms with Crippen molar-refractivity contribution in [3.05, 3.63) is 77.9 Å². The second kappa shape index (κ2) is 7.63. The van der Waals surface area contributed by atoms with E-state index in [1.807, 2.05) is 54.6 Å². The van der Waals surface area contributed by atoms with Crippen molar-refractivity contribution in [2.24, 2.45) is 5.73 Å². The number of hydrogen-bond donors (Lipinski definition) is 6. The molecule has 150 valence electrons. The Morgan fingerprint density at radius 1 is 1.00 bits per heavy atom. The number of phenols is 1. The lowest BCUT2D eigenvalue weighted by atomic mass is 10.00. The first-order valence-corrected chi connectivity index (χ1v) is 9.27. The van der Waals surface area contributed by atoms with Crippen LogP contribution in [0, 0.1) is 5.41 Å². The molecule has 30 heavy (non-hydrogen) atoms. The van der Waals surface area contributed by atoms with Crippen LogP contribution in [-0.4, -0.2) is 27.1 Å². The smallest absolute Gasteiger partial charge is 0.404 e. The molecule has 0 bridgehead atoms. The van der Waals surface area contributed by atoms with Gasteiger partial charge < -0.3 is 26.2 Å². The number of phenolic OH excluding ortho intramolecular Hbond substituents is 1. The number of H-pyrrole nitrogens is 1. The number of nitrogens with two attached hydrogens (primary N) is 1. The Balaban J connectivity index is 1.67. The van der Waals surface area contributed by atoms with E-state index in [0.29, 0.717) is 11.1 Å². The molecule has 7 N–H and O–H groups in total. The van der Waals surface area contributed by atoms with Crippen LogP contribution in [0.2, 0.25) is 0 Å². The molecule has 0 spiro atoms. The summed E-state index contributed by atoms with van der Waals surface area (Å²) in [7, 11) is 0. The average molecular weight is 400 g/mol. The van der Waals surface area contributed by atoms with Crippen LogP contribution in [0.15, 0.2) is 66.7 Å². The monoisotopic (exact) mass is 400 g/mol. The Kier molecular flexibility index (Phi) is 4.85. The fourth-order valence-corrected chi connectivity index (χ4v) is 3.37. The lowest BCUT2D eigenvalue weighted by molar-refractivity contribution is 0.194. The van der Waals surface area contributed by atoms with Gasteiger partial charge in [-0.05, 0) is 53.1 Å². The zero-order valence-corrected chi connectivity index (χ0v) is 15.9. The van der Waals surface area contributed by atoms with Gasteiger partial charge >= 0.3 is 6.09 Å². The Morgan fingerprint density at radius 2 is 1.73 bits per heavy atom. The summed E-state index contributed by atoms with van der Waals surface area (Å²) in [6, 6.07) is 20.3. The van der Waals surface area contributed by atoms with Crippen molar-refractivity contribution in [2.45, 2.75) is 6.54 Å². The predicted octanol–water partition coefficient (Wildman–Crippen LogP) is 4.26. The third kappa shape index (κ3) is 3.81. The van der Waals surface area contributed by atoms with Crippen molar-refractivity contribution in [3.8, 4) is 28.1 Å². The van der Waals surface area contributed by atoms with Crippen molar-refractivity contribution in [1.29, 1.82) is 5.41 Å². The summed E-state index contributed by atoms with van der Waals surface area (Å²) in [5.74, 6) is 0.158. The maximum Gasteiger partial charge on any atom is 0.404 e. The molecule has 0 aliphatic carbocycles. The van der Waals surface area contributed by atoms with E-state index in [1.54, 1.807) is 12.1 Å². The largest absolute Gasteiger partial charge is 0.507 e. The minimum atomic E-state index is -1.06. The predicted molar refractivity (Wildman–Crippen MR) is 117 cm³/mol. The summed E-state index contributed by atoms with van der Waals surface area (Å²) in [4.78, 5) is 13.9. The first kappa shape index (κ1) is 19.1. The number of carboxylic acid groups (broad SMARTS) is 1. The van der Waals surface area contributed by atoms with E-state index >= 15 is 0 Å². The first-order valence-electron chi connectivity index (χ1n) is 9.27. The molecular formula is C23H20N4O3. The van der Waals surface area contributed by atoms with Gasteiger partial charge in [-0.15, -0.1) is 0 Å². The molecule has 1 aromatic heterocycles. The fraction of sp³-hybridized carbons (Fsp3) is 0.0435. The summed E-state index contributed by atoms with van der Waals surface area (Å²) in [5, 5.41) is 30.0. The normalized spacial score (nSPS) is 10.8. The minimum absolute atomic E-state index is 0.00601. The van der Waals surface area contributed by atoms with Crippen LogP contribution < -0.4 is 11.1 Å². The highest BCUT2D eigenvalue weighted by molar-refractivity contribution is 5.99. The molecule has 1 amide bonds. The molecule has 7 heteroatoms. The second-order valence-electron chi connectivity index (χ2n) is 6.99. The lowest BCUT2D eigenvalue weighted by Crippen LogP contribution is -2.19. The number of nitrogens with one attached hydrogen (secondary N) is 3. The Hall–Kier alpha value is -4.26. The Bertz CT molecular complexity index is 1260. The lowest BCUT2D eigenvalue weighted by Gasteiger charge is -2.08. The molecule has 0 saturated carbocycles. The van der Waals surface area contributed by atoms with Gasteiger partial charge in [0.25, 0.3) is 0 Å². The van der Waals surface area contributed by atoms with Gasteiger partial charge in [-0.3, -0.25) is 5.41 Å². The number of carbonyl (C=O) groups is 1. The highest BCUT2D eigenvalue weighted by Gasteiger charge is 2.11. The van der Waals surface area contributed by atoms with Gasteiger partial charge in [0.2, 0.25) is 0 Å². The standard InChI is InChI=1S/C23H20N4O3/c24-22(25)16-5-7-19-17(9-16)11-20(27-19)18-10-15(6-8-21(18)28)14-3-1-13(2-4-14)12-26-23(29)30/h1-11,26-28H,12H2,(H3,24,25)(H,29,30). The van der Waals surface area contributed by atoms with Gasteiger partial charge in [0, 0.05) is 28.6 Å². The second-order valence-corrected chi connectivity index (χ2v) is 6.99. The zero-order valence-electron chi connectivity index (χ0n) is 15.9. The van der Waals surface area contributed by atoms with Crippen LogP contribution in [0.25, 0.3) is 33.3 Å². The summed E-state index contributed by atoms with van der Waals surface area (Å²) < 4.78 is 0. The van der Waals surface area contributed by atoms with Crippen molar-refractivity contribution in [2.75, 3.05) is 0 Å². The van der Waals surface area contributed by atoms with E-state index < -0.39 is 6.09 Å². The van der Waals surface area contributed by atoms with E-state index in [0.717, 1.165) is 33.3 Å². The molecule has 0 unspecified atom stereocenters. The quantitative estimate of drug-likeness (QED) is 0.220. The van der Waals surface area contributed by atoms with Gasteiger partial charge in [-0.2, -0.15) is 0 Å². The van der Waals surface area contributed by atoms with E-state index in [9.17, 15) is 9.90 Å². The Morgan fingerprint density at radius 3 is 2.43 bits per heavy atom. The molecule has 0 fully saturated rings. The number of benzene rings is 3. The SMILES string of the molecule is N=C(N)c1ccc2[nH]c(-c3cc(-c4ccc(CNC(=O)O)cc4)ccc3O)cc2c1. The molecule has 0 aliphatic rings. The topological polar surface area (TPSA) is 135 Å². The number of amides is 1. The van der Waals surface area contributed by atoms with Gasteiger partial charge in [-0.25, -0.2) is 4.79 Å². The van der Waals surface area contributed by atoms with Gasteiger partial charge in [0.15, 0.2) is 0 Å². The maximum absolute atomic E-state index is 10.6. The summed E-state index contributed by atoms with van der Waals surface area (Å²) in [5.41, 5.74) is 11.2. The fourth-order valence-electron chi connectivity index (χ4n) is 3.37. The molecule has 0 atom stereocenters. The molecule has 0 saturated heterocycles. The third-order valence-electron chi connectivity index (χ3n) is 4.95. The Labute approximate surface area is 172 Å². The van der Waals surface area contributed by atoms with Crippen molar-refractivity contribution < 1.29 is 15.0 Å². The number of rotatable bonds is 5. The maximum atomic E-state index is 10.6. The van der Waals surface area contributed by atoms with Crippen LogP contribution in [0.1, 0.15) is 11.1 Å². The average Bonchev–Trinajstić information content (AvgIpc) is 3.16. The van der Waals surface area contributed by atoms with Crippen molar-refractivity contribution in [3.63, 3.8) is 0 Å². The van der Waals surface area contributed by atoms with Crippen LogP contribution >= 0.6 is 0 Å².